The number of hydrogen-bond donors (Lipinski definition) is 0. The lowest BCUT2D eigenvalue weighted by Gasteiger charge is -2.00. The van der Waals surface area contributed by atoms with E-state index in [0.717, 1.165) is 20.2 Å². The normalized spacial score (nSPS) is 10.3. The van der Waals surface area contributed by atoms with Crippen LogP contribution in [0.1, 0.15) is 0 Å². The lowest BCUT2D eigenvalue weighted by Crippen LogP contribution is -1.80. The van der Waals surface area contributed by atoms with Gasteiger partial charge in [0.1, 0.15) is 5.69 Å². The Hall–Kier alpha value is -0.260. The maximum Gasteiger partial charge on any atom is 0.107 e. The van der Waals surface area contributed by atoms with Crippen LogP contribution in [0.4, 0.5) is 0 Å². The molecule has 1 aromatic heterocycles. The van der Waals surface area contributed by atoms with Crippen LogP contribution in [0.3, 0.4) is 0 Å². The summed E-state index contributed by atoms with van der Waals surface area (Å²) in [6.07, 6.45) is 0. The van der Waals surface area contributed by atoms with Gasteiger partial charge in [-0.3, -0.25) is 0 Å². The number of nitrogens with zero attached hydrogens (tertiary/aromatic N) is 2. The van der Waals surface area contributed by atoms with Crippen LogP contribution in [-0.2, 0) is 0 Å². The van der Waals surface area contributed by atoms with Gasteiger partial charge in [-0.2, -0.15) is 0 Å². The summed E-state index contributed by atoms with van der Waals surface area (Å²) in [4.78, 5) is 0. The first-order valence-corrected chi connectivity index (χ1v) is 5.92. The van der Waals surface area contributed by atoms with E-state index in [9.17, 15) is 0 Å². The molecule has 2 aromatic rings. The summed E-state index contributed by atoms with van der Waals surface area (Å²) in [7, 11) is 0. The fourth-order valence-corrected chi connectivity index (χ4v) is 2.24. The first kappa shape index (κ1) is 9.30. The Bertz CT molecular complexity index is 414. The van der Waals surface area contributed by atoms with Crippen molar-refractivity contribution in [1.29, 1.82) is 0 Å². The number of halogens is 2. The van der Waals surface area contributed by atoms with Crippen LogP contribution in [-0.4, -0.2) is 9.59 Å². The highest BCUT2D eigenvalue weighted by Gasteiger charge is 2.05. The van der Waals surface area contributed by atoms with Gasteiger partial charge >= 0.3 is 0 Å². The van der Waals surface area contributed by atoms with Crippen LogP contribution in [0.2, 0.25) is 0 Å². The Balaban J connectivity index is 2.57. The molecule has 2 nitrogen and oxygen atoms in total. The monoisotopic (exact) mass is 318 g/mol. The van der Waals surface area contributed by atoms with Gasteiger partial charge in [0.05, 0.1) is 0 Å². The Kier molecular flexibility index (Phi) is 2.76. The molecule has 13 heavy (non-hydrogen) atoms. The Morgan fingerprint density at radius 3 is 2.77 bits per heavy atom. The molecule has 0 fully saturated rings. The van der Waals surface area contributed by atoms with Gasteiger partial charge in [0.25, 0.3) is 0 Å². The second kappa shape index (κ2) is 3.86. The average molecular weight is 320 g/mol. The maximum atomic E-state index is 4.01. The van der Waals surface area contributed by atoms with Crippen LogP contribution in [0.5, 0.6) is 0 Å². The number of rotatable bonds is 1. The fraction of sp³-hybridized carbons (Fsp3) is 0. The quantitative estimate of drug-likeness (QED) is 0.800. The molecule has 2 rings (SSSR count). The molecule has 0 amide bonds. The largest absolute Gasteiger partial charge is 0.138 e. The molecular weight excluding hydrogens is 316 g/mol. The van der Waals surface area contributed by atoms with E-state index in [0.29, 0.717) is 0 Å². The van der Waals surface area contributed by atoms with E-state index in [1.807, 2.05) is 23.6 Å². The molecule has 1 aromatic carbocycles. The smallest absolute Gasteiger partial charge is 0.107 e. The molecule has 0 aliphatic rings. The van der Waals surface area contributed by atoms with Crippen LogP contribution in [0, 0.1) is 0 Å². The number of aromatic nitrogens is 2. The minimum atomic E-state index is 0.901. The molecule has 0 aliphatic carbocycles. The minimum absolute atomic E-state index is 0.901. The molecule has 1 heterocycles. The molecule has 0 spiro atoms. The van der Waals surface area contributed by atoms with Gasteiger partial charge in [-0.15, -0.1) is 5.10 Å². The van der Waals surface area contributed by atoms with Gasteiger partial charge in [-0.1, -0.05) is 36.3 Å². The third kappa shape index (κ3) is 1.98. The summed E-state index contributed by atoms with van der Waals surface area (Å²) in [6.45, 7) is 0. The fourth-order valence-electron chi connectivity index (χ4n) is 0.976. The van der Waals surface area contributed by atoms with Gasteiger partial charge in [-0.25, -0.2) is 0 Å². The summed E-state index contributed by atoms with van der Waals surface area (Å²) >= 11 is 8.24. The zero-order valence-electron chi connectivity index (χ0n) is 6.37. The highest BCUT2D eigenvalue weighted by molar-refractivity contribution is 9.11. The molecule has 66 valence electrons. The Morgan fingerprint density at radius 1 is 1.23 bits per heavy atom. The second-order valence-electron chi connectivity index (χ2n) is 2.41. The minimum Gasteiger partial charge on any atom is -0.138 e. The van der Waals surface area contributed by atoms with Gasteiger partial charge in [-0.05, 0) is 29.7 Å². The summed E-state index contributed by atoms with van der Waals surface area (Å²) in [5.41, 5.74) is 1.96. The van der Waals surface area contributed by atoms with Crippen molar-refractivity contribution in [3.63, 3.8) is 0 Å². The highest BCUT2D eigenvalue weighted by atomic mass is 79.9. The topological polar surface area (TPSA) is 25.8 Å². The van der Waals surface area contributed by atoms with Gasteiger partial charge in [0, 0.05) is 19.9 Å². The third-order valence-corrected chi connectivity index (χ3v) is 3.25. The molecule has 5 heteroatoms. The molecule has 0 bridgehead atoms. The van der Waals surface area contributed by atoms with E-state index in [1.54, 1.807) is 0 Å². The van der Waals surface area contributed by atoms with Crippen molar-refractivity contribution in [2.75, 3.05) is 0 Å². The summed E-state index contributed by atoms with van der Waals surface area (Å²) in [5, 5.41) is 5.93. The van der Waals surface area contributed by atoms with E-state index < -0.39 is 0 Å². The SMILES string of the molecule is Brc1ccc(Br)c(-c2csnn2)c1. The maximum absolute atomic E-state index is 4.01. The van der Waals surface area contributed by atoms with Crippen molar-refractivity contribution in [2.45, 2.75) is 0 Å². The predicted molar refractivity (Wildman–Crippen MR) is 60.7 cm³/mol. The Labute approximate surface area is 96.4 Å². The number of hydrogen-bond acceptors (Lipinski definition) is 3. The standard InChI is InChI=1S/C8H4Br2N2S/c9-5-1-2-7(10)6(3-5)8-4-13-12-11-8/h1-4H. The van der Waals surface area contributed by atoms with Crippen molar-refractivity contribution >= 4 is 43.4 Å². The molecular formula is C8H4Br2N2S. The molecule has 0 unspecified atom stereocenters. The first-order chi connectivity index (χ1) is 6.27. The second-order valence-corrected chi connectivity index (χ2v) is 4.79. The van der Waals surface area contributed by atoms with E-state index >= 15 is 0 Å². The summed E-state index contributed by atoms with van der Waals surface area (Å²) in [6, 6.07) is 5.98. The lowest BCUT2D eigenvalue weighted by atomic mass is 10.2. The molecule has 0 saturated heterocycles. The van der Waals surface area contributed by atoms with Gasteiger partial charge in [0.2, 0.25) is 0 Å². The predicted octanol–water partition coefficient (Wildman–Crippen LogP) is 3.73. The molecule has 0 atom stereocenters. The van der Waals surface area contributed by atoms with Crippen molar-refractivity contribution in [1.82, 2.24) is 9.59 Å². The van der Waals surface area contributed by atoms with Gasteiger partial charge < -0.3 is 0 Å². The van der Waals surface area contributed by atoms with Crippen LogP contribution >= 0.6 is 43.4 Å². The Morgan fingerprint density at radius 2 is 2.08 bits per heavy atom. The number of benzene rings is 1. The highest BCUT2D eigenvalue weighted by Crippen LogP contribution is 2.29. The molecule has 0 saturated carbocycles. The van der Waals surface area contributed by atoms with E-state index in [2.05, 4.69) is 41.4 Å². The lowest BCUT2D eigenvalue weighted by molar-refractivity contribution is 1.16. The van der Waals surface area contributed by atoms with Crippen LogP contribution in [0.15, 0.2) is 32.5 Å². The molecule has 0 aliphatic heterocycles. The zero-order valence-corrected chi connectivity index (χ0v) is 10.4. The molecule has 0 N–H and O–H groups in total. The summed E-state index contributed by atoms with van der Waals surface area (Å²) < 4.78 is 5.90. The van der Waals surface area contributed by atoms with Crippen molar-refractivity contribution in [3.05, 3.63) is 32.5 Å². The van der Waals surface area contributed by atoms with E-state index in [4.69, 9.17) is 0 Å². The molecule has 0 radical (unpaired) electrons. The zero-order chi connectivity index (χ0) is 9.26. The van der Waals surface area contributed by atoms with E-state index in [-0.39, 0.29) is 0 Å². The third-order valence-electron chi connectivity index (χ3n) is 1.56. The van der Waals surface area contributed by atoms with Crippen molar-refractivity contribution in [3.8, 4) is 11.3 Å². The van der Waals surface area contributed by atoms with Crippen molar-refractivity contribution in [2.24, 2.45) is 0 Å². The van der Waals surface area contributed by atoms with E-state index in [1.165, 1.54) is 11.5 Å². The van der Waals surface area contributed by atoms with Crippen LogP contribution < -0.4 is 0 Å². The van der Waals surface area contributed by atoms with Crippen LogP contribution in [0.25, 0.3) is 11.3 Å². The summed E-state index contributed by atoms with van der Waals surface area (Å²) in [5.74, 6) is 0. The van der Waals surface area contributed by atoms with Gasteiger partial charge in [0.15, 0.2) is 0 Å². The average Bonchev–Trinajstić information content (AvgIpc) is 2.61. The first-order valence-electron chi connectivity index (χ1n) is 3.50. The van der Waals surface area contributed by atoms with Crippen molar-refractivity contribution < 1.29 is 0 Å².